The van der Waals surface area contributed by atoms with Crippen LogP contribution in [-0.4, -0.2) is 60.9 Å². The Morgan fingerprint density at radius 2 is 2.13 bits per heavy atom. The molecule has 6 nitrogen and oxygen atoms in total. The number of hydrogen-bond donors (Lipinski definition) is 1. The number of carbonyl (C=O) groups is 1. The van der Waals surface area contributed by atoms with Gasteiger partial charge in [0.05, 0.1) is 11.4 Å². The van der Waals surface area contributed by atoms with Crippen LogP contribution in [0.3, 0.4) is 0 Å². The van der Waals surface area contributed by atoms with E-state index >= 15 is 0 Å². The Morgan fingerprint density at radius 3 is 2.94 bits per heavy atom. The number of halogens is 1. The number of carbonyl (C=O) groups excluding carboxylic acids is 1. The zero-order valence-electron chi connectivity index (χ0n) is 17.7. The lowest BCUT2D eigenvalue weighted by molar-refractivity contribution is -0.120. The number of pyridine rings is 1. The Balaban J connectivity index is 1.18. The summed E-state index contributed by atoms with van der Waals surface area (Å²) in [4.78, 5) is 19.0. The van der Waals surface area contributed by atoms with E-state index in [1.165, 1.54) is 12.1 Å². The summed E-state index contributed by atoms with van der Waals surface area (Å²) in [6.07, 6.45) is 6.05. The largest absolute Gasteiger partial charge is 0.486 e. The zero-order valence-corrected chi connectivity index (χ0v) is 18.5. The number of rotatable bonds is 7. The van der Waals surface area contributed by atoms with Gasteiger partial charge in [0, 0.05) is 25.4 Å². The van der Waals surface area contributed by atoms with Crippen molar-refractivity contribution in [2.75, 3.05) is 39.0 Å². The first-order valence-electron chi connectivity index (χ1n) is 10.7. The van der Waals surface area contributed by atoms with Gasteiger partial charge in [0.2, 0.25) is 5.91 Å². The molecule has 8 heteroatoms. The van der Waals surface area contributed by atoms with Gasteiger partial charge in [-0.25, -0.2) is 9.37 Å². The number of nitrogens with one attached hydrogen (secondary N) is 1. The predicted octanol–water partition coefficient (Wildman–Crippen LogP) is 3.15. The minimum Gasteiger partial charge on any atom is -0.486 e. The van der Waals surface area contributed by atoms with Crippen LogP contribution in [0.1, 0.15) is 18.4 Å². The fourth-order valence-electron chi connectivity index (χ4n) is 4.08. The van der Waals surface area contributed by atoms with E-state index in [2.05, 4.69) is 15.2 Å². The molecule has 1 N–H and O–H groups in total. The molecule has 31 heavy (non-hydrogen) atoms. The molecule has 4 rings (SSSR count). The number of thioether (sulfide) groups is 1. The maximum atomic E-state index is 13.4. The van der Waals surface area contributed by atoms with Crippen molar-refractivity contribution in [1.29, 1.82) is 0 Å². The first-order valence-corrected chi connectivity index (χ1v) is 11.9. The molecule has 2 aromatic rings. The topological polar surface area (TPSA) is 63.7 Å². The number of hydrogen-bond acceptors (Lipinski definition) is 6. The minimum absolute atomic E-state index is 0.0457. The van der Waals surface area contributed by atoms with Crippen molar-refractivity contribution in [2.45, 2.75) is 30.4 Å². The molecule has 2 aliphatic heterocycles. The third-order valence-corrected chi connectivity index (χ3v) is 6.53. The van der Waals surface area contributed by atoms with E-state index in [1.54, 1.807) is 24.0 Å². The number of nitrogens with zero attached hydrogens (tertiary/aromatic N) is 2. The SMILES string of the molecule is CSc1ncccc1CC(=O)NCC1CCN(CC2COc3ccc(F)cc3O2)CC1. The number of fused-ring (bicyclic) bond motifs is 1. The molecule has 166 valence electrons. The highest BCUT2D eigenvalue weighted by Gasteiger charge is 2.26. The maximum Gasteiger partial charge on any atom is 0.224 e. The molecule has 1 aromatic heterocycles. The molecule has 1 saturated heterocycles. The Labute approximate surface area is 186 Å². The molecular weight excluding hydrogens is 417 g/mol. The predicted molar refractivity (Wildman–Crippen MR) is 118 cm³/mol. The Hall–Kier alpha value is -2.32. The average molecular weight is 446 g/mol. The summed E-state index contributed by atoms with van der Waals surface area (Å²) in [5.74, 6) is 1.28. The van der Waals surface area contributed by atoms with Crippen LogP contribution in [0.4, 0.5) is 4.39 Å². The summed E-state index contributed by atoms with van der Waals surface area (Å²) in [6.45, 7) is 3.84. The quantitative estimate of drug-likeness (QED) is 0.661. The van der Waals surface area contributed by atoms with Gasteiger partial charge < -0.3 is 14.8 Å². The van der Waals surface area contributed by atoms with Gasteiger partial charge >= 0.3 is 0 Å². The summed E-state index contributed by atoms with van der Waals surface area (Å²) in [6, 6.07) is 8.19. The van der Waals surface area contributed by atoms with E-state index in [-0.39, 0.29) is 17.8 Å². The van der Waals surface area contributed by atoms with Gasteiger partial charge in [-0.1, -0.05) is 6.07 Å². The summed E-state index contributed by atoms with van der Waals surface area (Å²) in [7, 11) is 0. The van der Waals surface area contributed by atoms with Crippen molar-refractivity contribution in [1.82, 2.24) is 15.2 Å². The summed E-state index contributed by atoms with van der Waals surface area (Å²) in [5, 5.41) is 4.00. The van der Waals surface area contributed by atoms with Crippen molar-refractivity contribution in [2.24, 2.45) is 5.92 Å². The van der Waals surface area contributed by atoms with Crippen LogP contribution in [-0.2, 0) is 11.2 Å². The van der Waals surface area contributed by atoms with Crippen LogP contribution in [0, 0.1) is 11.7 Å². The van der Waals surface area contributed by atoms with Gasteiger partial charge in [0.15, 0.2) is 11.5 Å². The molecule has 0 saturated carbocycles. The van der Waals surface area contributed by atoms with E-state index in [0.717, 1.165) is 43.1 Å². The van der Waals surface area contributed by atoms with Gasteiger partial charge in [-0.05, 0) is 61.9 Å². The minimum atomic E-state index is -0.320. The molecule has 1 amide bonds. The molecule has 0 radical (unpaired) electrons. The number of benzene rings is 1. The molecule has 0 spiro atoms. The molecule has 2 aliphatic rings. The lowest BCUT2D eigenvalue weighted by Crippen LogP contribution is -2.45. The number of piperidine rings is 1. The number of amides is 1. The normalized spacial score (nSPS) is 19.2. The molecular formula is C23H28FN3O3S. The van der Waals surface area contributed by atoms with Crippen LogP contribution < -0.4 is 14.8 Å². The first-order chi connectivity index (χ1) is 15.1. The fraction of sp³-hybridized carbons (Fsp3) is 0.478. The van der Waals surface area contributed by atoms with E-state index in [4.69, 9.17) is 9.47 Å². The molecule has 1 fully saturated rings. The second-order valence-corrected chi connectivity index (χ2v) is 8.83. The third kappa shape index (κ3) is 5.89. The Bertz CT molecular complexity index is 905. The number of ether oxygens (including phenoxy) is 2. The summed E-state index contributed by atoms with van der Waals surface area (Å²) < 4.78 is 25.1. The average Bonchev–Trinajstić information content (AvgIpc) is 2.79. The fourth-order valence-corrected chi connectivity index (χ4v) is 4.65. The van der Waals surface area contributed by atoms with E-state index in [0.29, 0.717) is 37.0 Å². The lowest BCUT2D eigenvalue weighted by Gasteiger charge is -2.35. The summed E-state index contributed by atoms with van der Waals surface area (Å²) >= 11 is 1.56. The smallest absolute Gasteiger partial charge is 0.224 e. The van der Waals surface area contributed by atoms with Crippen LogP contribution in [0.5, 0.6) is 11.5 Å². The van der Waals surface area contributed by atoms with Crippen molar-refractivity contribution in [3.8, 4) is 11.5 Å². The number of aromatic nitrogens is 1. The molecule has 3 heterocycles. The van der Waals surface area contributed by atoms with Crippen molar-refractivity contribution in [3.63, 3.8) is 0 Å². The highest BCUT2D eigenvalue weighted by Crippen LogP contribution is 2.32. The van der Waals surface area contributed by atoms with Crippen molar-refractivity contribution >= 4 is 17.7 Å². The Kier molecular flexibility index (Phi) is 7.29. The second kappa shape index (κ2) is 10.3. The van der Waals surface area contributed by atoms with Crippen LogP contribution in [0.25, 0.3) is 0 Å². The van der Waals surface area contributed by atoms with E-state index in [9.17, 15) is 9.18 Å². The van der Waals surface area contributed by atoms with E-state index in [1.807, 2.05) is 18.4 Å². The summed E-state index contributed by atoms with van der Waals surface area (Å²) in [5.41, 5.74) is 0.971. The van der Waals surface area contributed by atoms with Gasteiger partial charge in [-0.3, -0.25) is 9.69 Å². The highest BCUT2D eigenvalue weighted by atomic mass is 32.2. The molecule has 1 unspecified atom stereocenters. The van der Waals surface area contributed by atoms with Gasteiger partial charge in [0.1, 0.15) is 18.5 Å². The monoisotopic (exact) mass is 445 g/mol. The maximum absolute atomic E-state index is 13.4. The zero-order chi connectivity index (χ0) is 21.6. The van der Waals surface area contributed by atoms with Crippen LogP contribution in [0.2, 0.25) is 0 Å². The first kappa shape index (κ1) is 21.9. The van der Waals surface area contributed by atoms with Crippen molar-refractivity contribution < 1.29 is 18.7 Å². The van der Waals surface area contributed by atoms with Gasteiger partial charge in [0.25, 0.3) is 0 Å². The van der Waals surface area contributed by atoms with Crippen LogP contribution in [0.15, 0.2) is 41.6 Å². The standard InChI is InChI=1S/C23H28FN3O3S/c1-31-23-17(3-2-8-25-23)11-22(28)26-13-16-6-9-27(10-7-16)14-19-15-29-20-5-4-18(24)12-21(20)30-19/h2-5,8,12,16,19H,6-7,9-11,13-15H2,1H3,(H,26,28). The molecule has 0 aliphatic carbocycles. The number of likely N-dealkylation sites (tertiary alicyclic amines) is 1. The van der Waals surface area contributed by atoms with E-state index < -0.39 is 0 Å². The molecule has 1 atom stereocenters. The third-order valence-electron chi connectivity index (χ3n) is 5.78. The second-order valence-electron chi connectivity index (χ2n) is 8.04. The highest BCUT2D eigenvalue weighted by molar-refractivity contribution is 7.98. The van der Waals surface area contributed by atoms with Gasteiger partial charge in [-0.15, -0.1) is 11.8 Å². The molecule has 0 bridgehead atoms. The van der Waals surface area contributed by atoms with Gasteiger partial charge in [-0.2, -0.15) is 0 Å². The Morgan fingerprint density at radius 1 is 1.29 bits per heavy atom. The van der Waals surface area contributed by atoms with Crippen molar-refractivity contribution in [3.05, 3.63) is 47.9 Å². The van der Waals surface area contributed by atoms with Crippen LogP contribution >= 0.6 is 11.8 Å². The lowest BCUT2D eigenvalue weighted by atomic mass is 9.96. The molecule has 1 aromatic carbocycles.